The highest BCUT2D eigenvalue weighted by molar-refractivity contribution is 5.34. The summed E-state index contributed by atoms with van der Waals surface area (Å²) >= 11 is 0. The third-order valence-electron chi connectivity index (χ3n) is 3.73. The standard InChI is InChI=1S/C15H23NO2/c1-11-12(2)18-15(3,10-16-11)9-13-7-5-6-8-14(13)17-4/h5-8,11-12,16H,9-10H2,1-4H3. The van der Waals surface area contributed by atoms with Gasteiger partial charge in [0.2, 0.25) is 0 Å². The zero-order valence-corrected chi connectivity index (χ0v) is 11.7. The van der Waals surface area contributed by atoms with E-state index < -0.39 is 0 Å². The van der Waals surface area contributed by atoms with Gasteiger partial charge in [-0.3, -0.25) is 0 Å². The molecule has 1 N–H and O–H groups in total. The number of morpholine rings is 1. The molecule has 1 saturated heterocycles. The van der Waals surface area contributed by atoms with Crippen molar-refractivity contribution in [2.75, 3.05) is 13.7 Å². The number of nitrogens with one attached hydrogen (secondary N) is 1. The molecule has 1 aromatic rings. The van der Waals surface area contributed by atoms with Crippen LogP contribution in [0.1, 0.15) is 26.3 Å². The summed E-state index contributed by atoms with van der Waals surface area (Å²) < 4.78 is 11.6. The Hall–Kier alpha value is -1.06. The fraction of sp³-hybridized carbons (Fsp3) is 0.600. The number of hydrogen-bond donors (Lipinski definition) is 1. The van der Waals surface area contributed by atoms with Gasteiger partial charge < -0.3 is 14.8 Å². The second kappa shape index (κ2) is 5.29. The Morgan fingerprint density at radius 1 is 1.39 bits per heavy atom. The Morgan fingerprint density at radius 2 is 2.11 bits per heavy atom. The highest BCUT2D eigenvalue weighted by atomic mass is 16.5. The molecular weight excluding hydrogens is 226 g/mol. The molecule has 0 aliphatic carbocycles. The van der Waals surface area contributed by atoms with E-state index in [4.69, 9.17) is 9.47 Å². The first kappa shape index (κ1) is 13.4. The molecule has 0 amide bonds. The molecule has 0 bridgehead atoms. The third kappa shape index (κ3) is 2.85. The van der Waals surface area contributed by atoms with Gasteiger partial charge in [0.1, 0.15) is 5.75 Å². The zero-order valence-electron chi connectivity index (χ0n) is 11.7. The van der Waals surface area contributed by atoms with Crippen LogP contribution in [0.3, 0.4) is 0 Å². The van der Waals surface area contributed by atoms with Crippen LogP contribution in [0.15, 0.2) is 24.3 Å². The van der Waals surface area contributed by atoms with Gasteiger partial charge in [-0.1, -0.05) is 18.2 Å². The Kier molecular flexibility index (Phi) is 3.93. The van der Waals surface area contributed by atoms with Crippen LogP contribution in [0.2, 0.25) is 0 Å². The first-order valence-corrected chi connectivity index (χ1v) is 6.57. The normalized spacial score (nSPS) is 32.2. The van der Waals surface area contributed by atoms with E-state index in [9.17, 15) is 0 Å². The second-order valence-corrected chi connectivity index (χ2v) is 5.43. The van der Waals surface area contributed by atoms with Gasteiger partial charge in [0.25, 0.3) is 0 Å². The minimum absolute atomic E-state index is 0.166. The Morgan fingerprint density at radius 3 is 2.78 bits per heavy atom. The van der Waals surface area contributed by atoms with E-state index in [1.165, 1.54) is 5.56 Å². The summed E-state index contributed by atoms with van der Waals surface area (Å²) in [4.78, 5) is 0. The van der Waals surface area contributed by atoms with E-state index in [1.807, 2.05) is 18.2 Å². The van der Waals surface area contributed by atoms with Gasteiger partial charge in [-0.05, 0) is 32.4 Å². The van der Waals surface area contributed by atoms with Crippen LogP contribution >= 0.6 is 0 Å². The van der Waals surface area contributed by atoms with Crippen molar-refractivity contribution in [3.05, 3.63) is 29.8 Å². The summed E-state index contributed by atoms with van der Waals surface area (Å²) in [5.74, 6) is 0.939. The van der Waals surface area contributed by atoms with Gasteiger partial charge in [0, 0.05) is 19.0 Å². The molecule has 3 heteroatoms. The maximum atomic E-state index is 6.17. The van der Waals surface area contributed by atoms with Gasteiger partial charge in [0.15, 0.2) is 0 Å². The van der Waals surface area contributed by atoms with Gasteiger partial charge in [-0.25, -0.2) is 0 Å². The number of methoxy groups -OCH3 is 1. The largest absolute Gasteiger partial charge is 0.496 e. The Balaban J connectivity index is 2.13. The van der Waals surface area contributed by atoms with Crippen LogP contribution in [0.4, 0.5) is 0 Å². The fourth-order valence-corrected chi connectivity index (χ4v) is 2.49. The van der Waals surface area contributed by atoms with Crippen molar-refractivity contribution in [3.8, 4) is 5.75 Å². The lowest BCUT2D eigenvalue weighted by molar-refractivity contribution is -0.114. The molecule has 18 heavy (non-hydrogen) atoms. The summed E-state index contributed by atoms with van der Waals surface area (Å²) in [5, 5.41) is 3.51. The van der Waals surface area contributed by atoms with Gasteiger partial charge >= 0.3 is 0 Å². The van der Waals surface area contributed by atoms with Crippen LogP contribution in [0.25, 0.3) is 0 Å². The van der Waals surface area contributed by atoms with E-state index in [0.29, 0.717) is 6.04 Å². The minimum Gasteiger partial charge on any atom is -0.496 e. The fourth-order valence-electron chi connectivity index (χ4n) is 2.49. The molecule has 3 unspecified atom stereocenters. The van der Waals surface area contributed by atoms with Crippen LogP contribution in [0.5, 0.6) is 5.75 Å². The van der Waals surface area contributed by atoms with Crippen molar-refractivity contribution < 1.29 is 9.47 Å². The van der Waals surface area contributed by atoms with Crippen molar-refractivity contribution in [2.24, 2.45) is 0 Å². The van der Waals surface area contributed by atoms with Crippen molar-refractivity contribution in [2.45, 2.75) is 44.9 Å². The number of rotatable bonds is 3. The summed E-state index contributed by atoms with van der Waals surface area (Å²) in [6.07, 6.45) is 1.10. The van der Waals surface area contributed by atoms with Crippen LogP contribution < -0.4 is 10.1 Å². The average molecular weight is 249 g/mol. The maximum absolute atomic E-state index is 6.17. The molecule has 1 aliphatic rings. The third-order valence-corrected chi connectivity index (χ3v) is 3.73. The van der Waals surface area contributed by atoms with Crippen molar-refractivity contribution in [1.82, 2.24) is 5.32 Å². The lowest BCUT2D eigenvalue weighted by Gasteiger charge is -2.41. The van der Waals surface area contributed by atoms with Crippen molar-refractivity contribution >= 4 is 0 Å². The van der Waals surface area contributed by atoms with E-state index >= 15 is 0 Å². The highest BCUT2D eigenvalue weighted by Crippen LogP contribution is 2.28. The molecule has 3 nitrogen and oxygen atoms in total. The summed E-state index contributed by atoms with van der Waals surface area (Å²) in [6, 6.07) is 8.56. The number of benzene rings is 1. The molecule has 2 rings (SSSR count). The summed E-state index contributed by atoms with van der Waals surface area (Å²) in [7, 11) is 1.71. The van der Waals surface area contributed by atoms with E-state index in [0.717, 1.165) is 18.7 Å². The van der Waals surface area contributed by atoms with Gasteiger partial charge in [-0.15, -0.1) is 0 Å². The lowest BCUT2D eigenvalue weighted by atomic mass is 9.92. The Bertz CT molecular complexity index is 407. The molecule has 0 saturated carbocycles. The predicted molar refractivity (Wildman–Crippen MR) is 73.1 cm³/mol. The Labute approximate surface area is 109 Å². The maximum Gasteiger partial charge on any atom is 0.122 e. The smallest absolute Gasteiger partial charge is 0.122 e. The molecule has 1 fully saturated rings. The second-order valence-electron chi connectivity index (χ2n) is 5.43. The summed E-state index contributed by atoms with van der Waals surface area (Å²) in [6.45, 7) is 7.32. The van der Waals surface area contributed by atoms with E-state index in [2.05, 4.69) is 32.2 Å². The number of hydrogen-bond acceptors (Lipinski definition) is 3. The molecule has 100 valence electrons. The molecule has 1 aliphatic heterocycles. The van der Waals surface area contributed by atoms with E-state index in [1.54, 1.807) is 7.11 Å². The number of para-hydroxylation sites is 1. The topological polar surface area (TPSA) is 30.5 Å². The first-order valence-electron chi connectivity index (χ1n) is 6.57. The lowest BCUT2D eigenvalue weighted by Crippen LogP contribution is -2.56. The van der Waals surface area contributed by atoms with Crippen LogP contribution in [-0.4, -0.2) is 31.4 Å². The van der Waals surface area contributed by atoms with Gasteiger partial charge in [-0.2, -0.15) is 0 Å². The molecule has 0 spiro atoms. The minimum atomic E-state index is -0.166. The monoisotopic (exact) mass is 249 g/mol. The van der Waals surface area contributed by atoms with Crippen LogP contribution in [0, 0.1) is 0 Å². The van der Waals surface area contributed by atoms with Gasteiger partial charge in [0.05, 0.1) is 18.8 Å². The van der Waals surface area contributed by atoms with Crippen molar-refractivity contribution in [1.29, 1.82) is 0 Å². The molecule has 0 radical (unpaired) electrons. The zero-order chi connectivity index (χ0) is 13.2. The quantitative estimate of drug-likeness (QED) is 0.892. The SMILES string of the molecule is COc1ccccc1CC1(C)CNC(C)C(C)O1. The summed E-state index contributed by atoms with van der Waals surface area (Å²) in [5.41, 5.74) is 1.03. The highest BCUT2D eigenvalue weighted by Gasteiger charge is 2.35. The first-order chi connectivity index (χ1) is 8.54. The molecule has 1 heterocycles. The molecular formula is C15H23NO2. The number of ether oxygens (including phenoxy) is 2. The van der Waals surface area contributed by atoms with E-state index in [-0.39, 0.29) is 11.7 Å². The molecule has 3 atom stereocenters. The van der Waals surface area contributed by atoms with Crippen molar-refractivity contribution in [3.63, 3.8) is 0 Å². The molecule has 0 aromatic heterocycles. The molecule has 1 aromatic carbocycles. The average Bonchev–Trinajstić information content (AvgIpc) is 2.35. The van der Waals surface area contributed by atoms with Crippen LogP contribution in [-0.2, 0) is 11.2 Å². The predicted octanol–water partition coefficient (Wildman–Crippen LogP) is 2.39.